The first-order valence-electron chi connectivity index (χ1n) is 11.6. The van der Waals surface area contributed by atoms with Crippen molar-refractivity contribution >= 4 is 40.4 Å². The molecule has 2 aromatic heterocycles. The molecule has 3 aromatic rings. The van der Waals surface area contributed by atoms with E-state index in [0.717, 1.165) is 19.0 Å². The van der Waals surface area contributed by atoms with Gasteiger partial charge in [-0.2, -0.15) is 0 Å². The molecule has 1 atom stereocenters. The average Bonchev–Trinajstić information content (AvgIpc) is 3.49. The Morgan fingerprint density at radius 1 is 1.25 bits per heavy atom. The first-order chi connectivity index (χ1) is 17.3. The van der Waals surface area contributed by atoms with Crippen LogP contribution < -0.4 is 10.2 Å². The summed E-state index contributed by atoms with van der Waals surface area (Å²) >= 11 is 7.18. The number of rotatable bonds is 6. The maximum atomic E-state index is 13.4. The summed E-state index contributed by atoms with van der Waals surface area (Å²) in [4.78, 5) is 35.6. The molecule has 188 valence electrons. The Morgan fingerprint density at radius 3 is 2.69 bits per heavy atom. The number of benzene rings is 1. The molecule has 2 N–H and O–H groups in total. The number of nitrogens with zero attached hydrogens (tertiary/aromatic N) is 3. The number of nitrogens with one attached hydrogen (secondary N) is 1. The summed E-state index contributed by atoms with van der Waals surface area (Å²) in [6.07, 6.45) is 0.923. The maximum absolute atomic E-state index is 13.4. The van der Waals surface area contributed by atoms with Gasteiger partial charge in [-0.1, -0.05) is 29.8 Å². The van der Waals surface area contributed by atoms with Crippen LogP contribution >= 0.6 is 22.9 Å². The van der Waals surface area contributed by atoms with E-state index in [1.807, 2.05) is 12.1 Å². The summed E-state index contributed by atoms with van der Waals surface area (Å²) in [6, 6.07) is 8.20. The summed E-state index contributed by atoms with van der Waals surface area (Å²) in [5.74, 6) is -0.892. The fourth-order valence-electron chi connectivity index (χ4n) is 5.07. The van der Waals surface area contributed by atoms with Crippen LogP contribution in [0.1, 0.15) is 59.4 Å². The number of hydrogen-bond acceptors (Lipinski definition) is 6. The fraction of sp³-hybridized carbons (Fsp3) is 0.360. The van der Waals surface area contributed by atoms with E-state index < -0.39 is 29.5 Å². The third-order valence-corrected chi connectivity index (χ3v) is 7.69. The Labute approximate surface area is 215 Å². The van der Waals surface area contributed by atoms with Crippen molar-refractivity contribution < 1.29 is 23.5 Å². The average molecular weight is 533 g/mol. The Morgan fingerprint density at radius 2 is 2.00 bits per heavy atom. The lowest BCUT2D eigenvalue weighted by atomic mass is 9.85. The molecule has 11 heteroatoms. The van der Waals surface area contributed by atoms with E-state index in [-0.39, 0.29) is 22.5 Å². The molecule has 1 aliphatic heterocycles. The standard InChI is InChI=1S/C25H23ClF2N4O3S/c26-15-9-17(21(22(27)28)29-10-15)23(33)31-16-7-5-14(6-8-16)11-32-19-4-2-1-3-18(19)25(35,24(32)34)20-12-36-13-30-20/h1-4,9-10,12-14,16,22,35H,5-8,11H2,(H,31,33). The lowest BCUT2D eigenvalue weighted by Gasteiger charge is -2.32. The predicted molar refractivity (Wildman–Crippen MR) is 131 cm³/mol. The number of halogens is 3. The molecule has 2 aliphatic rings. The lowest BCUT2D eigenvalue weighted by Crippen LogP contribution is -2.44. The van der Waals surface area contributed by atoms with Gasteiger partial charge in [0.2, 0.25) is 5.60 Å². The van der Waals surface area contributed by atoms with Crippen molar-refractivity contribution in [2.75, 3.05) is 11.4 Å². The molecule has 1 unspecified atom stereocenters. The summed E-state index contributed by atoms with van der Waals surface area (Å²) < 4.78 is 26.6. The normalized spacial score (nSPS) is 23.7. The van der Waals surface area contributed by atoms with Gasteiger partial charge in [-0.15, -0.1) is 11.3 Å². The van der Waals surface area contributed by atoms with Gasteiger partial charge in [-0.05, 0) is 43.7 Å². The zero-order valence-electron chi connectivity index (χ0n) is 19.0. The second kappa shape index (κ2) is 9.84. The number of carbonyl (C=O) groups is 2. The number of hydrogen-bond donors (Lipinski definition) is 2. The van der Waals surface area contributed by atoms with E-state index >= 15 is 0 Å². The fourth-order valence-corrected chi connectivity index (χ4v) is 5.82. The van der Waals surface area contributed by atoms with E-state index in [1.54, 1.807) is 27.9 Å². The molecule has 0 saturated heterocycles. The van der Waals surface area contributed by atoms with Crippen molar-refractivity contribution in [3.63, 3.8) is 0 Å². The zero-order chi connectivity index (χ0) is 25.4. The van der Waals surface area contributed by atoms with Crippen LogP contribution in [0, 0.1) is 5.92 Å². The molecule has 1 saturated carbocycles. The summed E-state index contributed by atoms with van der Waals surface area (Å²) in [5, 5.41) is 16.1. The molecular weight excluding hydrogens is 510 g/mol. The first-order valence-corrected chi connectivity index (χ1v) is 12.9. The van der Waals surface area contributed by atoms with E-state index in [2.05, 4.69) is 15.3 Å². The van der Waals surface area contributed by atoms with Crippen molar-refractivity contribution in [2.45, 2.75) is 43.8 Å². The number of carbonyl (C=O) groups excluding carboxylic acids is 2. The second-order valence-corrected chi connectivity index (χ2v) is 10.3. The number of aliphatic hydroxyl groups is 1. The van der Waals surface area contributed by atoms with Gasteiger partial charge in [0.15, 0.2) is 0 Å². The van der Waals surface area contributed by atoms with E-state index in [0.29, 0.717) is 36.3 Å². The smallest absolute Gasteiger partial charge is 0.281 e. The molecule has 1 aliphatic carbocycles. The van der Waals surface area contributed by atoms with Crippen LogP contribution in [0.3, 0.4) is 0 Å². The third kappa shape index (κ3) is 4.38. The number of amides is 2. The topological polar surface area (TPSA) is 95.4 Å². The lowest BCUT2D eigenvalue weighted by molar-refractivity contribution is -0.132. The highest BCUT2D eigenvalue weighted by molar-refractivity contribution is 7.07. The highest BCUT2D eigenvalue weighted by Crippen LogP contribution is 2.45. The SMILES string of the molecule is O=C(NC1CCC(CN2C(=O)C(O)(c3cscn3)c3ccccc32)CC1)c1cc(Cl)cnc1C(F)F. The quantitative estimate of drug-likeness (QED) is 0.480. The van der Waals surface area contributed by atoms with Crippen LogP contribution in [0.25, 0.3) is 0 Å². The van der Waals surface area contributed by atoms with Gasteiger partial charge in [0.05, 0.1) is 27.5 Å². The molecule has 7 nitrogen and oxygen atoms in total. The van der Waals surface area contributed by atoms with E-state index in [4.69, 9.17) is 11.6 Å². The van der Waals surface area contributed by atoms with Gasteiger partial charge in [-0.25, -0.2) is 13.8 Å². The number of thiazole rings is 1. The van der Waals surface area contributed by atoms with Gasteiger partial charge >= 0.3 is 0 Å². The molecule has 0 spiro atoms. The number of anilines is 1. The van der Waals surface area contributed by atoms with Crippen LogP contribution in [0.2, 0.25) is 5.02 Å². The van der Waals surface area contributed by atoms with Crippen LogP contribution in [0.15, 0.2) is 47.4 Å². The van der Waals surface area contributed by atoms with Gasteiger partial charge in [-0.3, -0.25) is 14.6 Å². The van der Waals surface area contributed by atoms with Gasteiger partial charge in [0.1, 0.15) is 5.69 Å². The number of aromatic nitrogens is 2. The maximum Gasteiger partial charge on any atom is 0.281 e. The minimum Gasteiger partial charge on any atom is -0.370 e. The van der Waals surface area contributed by atoms with Crippen LogP contribution in [-0.2, 0) is 10.4 Å². The molecule has 3 heterocycles. The summed E-state index contributed by atoms with van der Waals surface area (Å²) in [5.41, 5.74) is 0.468. The van der Waals surface area contributed by atoms with E-state index in [1.165, 1.54) is 17.4 Å². The van der Waals surface area contributed by atoms with Gasteiger partial charge in [0.25, 0.3) is 18.2 Å². The number of alkyl halides is 2. The van der Waals surface area contributed by atoms with Crippen LogP contribution in [-0.4, -0.2) is 39.5 Å². The van der Waals surface area contributed by atoms with E-state index in [9.17, 15) is 23.5 Å². The Balaban J connectivity index is 1.25. The summed E-state index contributed by atoms with van der Waals surface area (Å²) in [7, 11) is 0. The molecule has 0 radical (unpaired) electrons. The Bertz CT molecular complexity index is 1280. The summed E-state index contributed by atoms with van der Waals surface area (Å²) in [6.45, 7) is 0.427. The Kier molecular flexibility index (Phi) is 6.76. The highest BCUT2D eigenvalue weighted by Gasteiger charge is 2.52. The zero-order valence-corrected chi connectivity index (χ0v) is 20.6. The molecular formula is C25H23ClF2N4O3S. The Hall–Kier alpha value is -2.95. The number of para-hydroxylation sites is 1. The van der Waals surface area contributed by atoms with Crippen molar-refractivity contribution in [3.8, 4) is 0 Å². The molecule has 0 bridgehead atoms. The number of pyridine rings is 1. The highest BCUT2D eigenvalue weighted by atomic mass is 35.5. The first kappa shape index (κ1) is 24.7. The van der Waals surface area contributed by atoms with Gasteiger partial charge in [0, 0.05) is 29.7 Å². The molecule has 1 fully saturated rings. The molecule has 36 heavy (non-hydrogen) atoms. The van der Waals surface area contributed by atoms with Crippen molar-refractivity contribution in [2.24, 2.45) is 5.92 Å². The van der Waals surface area contributed by atoms with Gasteiger partial charge < -0.3 is 15.3 Å². The van der Waals surface area contributed by atoms with Crippen LogP contribution in [0.4, 0.5) is 14.5 Å². The molecule has 5 rings (SSSR count). The molecule has 1 aromatic carbocycles. The molecule has 2 amide bonds. The van der Waals surface area contributed by atoms with Crippen LogP contribution in [0.5, 0.6) is 0 Å². The second-order valence-electron chi connectivity index (χ2n) is 9.10. The number of fused-ring (bicyclic) bond motifs is 1. The van der Waals surface area contributed by atoms with Crippen molar-refractivity contribution in [3.05, 3.63) is 75.0 Å². The third-order valence-electron chi connectivity index (χ3n) is 6.90. The largest absolute Gasteiger partial charge is 0.370 e. The van der Waals surface area contributed by atoms with Crippen molar-refractivity contribution in [1.29, 1.82) is 0 Å². The predicted octanol–water partition coefficient (Wildman–Crippen LogP) is 4.70. The monoisotopic (exact) mass is 532 g/mol. The minimum absolute atomic E-state index is 0.112. The van der Waals surface area contributed by atoms with Crippen molar-refractivity contribution in [1.82, 2.24) is 15.3 Å². The minimum atomic E-state index is -2.89.